The van der Waals surface area contributed by atoms with Gasteiger partial charge in [0.1, 0.15) is 0 Å². The van der Waals surface area contributed by atoms with E-state index < -0.39 is 5.97 Å². The summed E-state index contributed by atoms with van der Waals surface area (Å²) in [5, 5.41) is 0. The van der Waals surface area contributed by atoms with Crippen molar-refractivity contribution < 1.29 is 18.7 Å². The summed E-state index contributed by atoms with van der Waals surface area (Å²) < 4.78 is 10.00. The Balaban J connectivity index is 2.11. The molecule has 1 aliphatic heterocycles. The number of hydrogen-bond acceptors (Lipinski definition) is 5. The molecule has 1 saturated heterocycles. The Morgan fingerprint density at radius 2 is 2.50 bits per heavy atom. The summed E-state index contributed by atoms with van der Waals surface area (Å²) in [6, 6.07) is 0.121. The van der Waals surface area contributed by atoms with Crippen molar-refractivity contribution >= 4 is 29.5 Å². The van der Waals surface area contributed by atoms with Crippen LogP contribution in [0.3, 0.4) is 0 Å². The number of halogens is 1. The van der Waals surface area contributed by atoms with Crippen LogP contribution in [-0.4, -0.2) is 35.9 Å². The molecule has 0 N–H and O–H groups in total. The lowest BCUT2D eigenvalue weighted by Gasteiger charge is -2.10. The third-order valence-corrected chi connectivity index (χ3v) is 3.06. The first-order valence-electron chi connectivity index (χ1n) is 5.65. The molecule has 0 bridgehead atoms. The lowest BCUT2D eigenvalue weighted by molar-refractivity contribution is -0.117. The molecule has 0 aromatic carbocycles. The average Bonchev–Trinajstić information content (AvgIpc) is 2.95. The molecule has 0 saturated carbocycles. The largest absolute Gasteiger partial charge is 0.460 e. The number of hydrogen-bond donors (Lipinski definition) is 0. The minimum absolute atomic E-state index is 0.00558. The van der Waals surface area contributed by atoms with Crippen molar-refractivity contribution in [1.29, 1.82) is 0 Å². The predicted molar refractivity (Wildman–Crippen MR) is 63.6 cm³/mol. The second-order valence-corrected chi connectivity index (χ2v) is 4.26. The lowest BCUT2D eigenvalue weighted by atomic mass is 10.2. The Morgan fingerprint density at radius 1 is 1.72 bits per heavy atom. The Kier molecular flexibility index (Phi) is 3.86. The minimum atomic E-state index is -0.586. The molecule has 1 amide bonds. The number of alkyl halides is 1. The fourth-order valence-corrected chi connectivity index (χ4v) is 1.96. The van der Waals surface area contributed by atoms with E-state index >= 15 is 0 Å². The van der Waals surface area contributed by atoms with Gasteiger partial charge in [0.2, 0.25) is 11.7 Å². The first kappa shape index (κ1) is 12.9. The molecule has 1 aromatic rings. The van der Waals surface area contributed by atoms with Crippen LogP contribution in [0.15, 0.2) is 10.6 Å². The summed E-state index contributed by atoms with van der Waals surface area (Å²) in [6.45, 7) is 2.42. The van der Waals surface area contributed by atoms with E-state index in [9.17, 15) is 9.59 Å². The first-order chi connectivity index (χ1) is 8.65. The fraction of sp³-hybridized carbons (Fsp3) is 0.545. The second kappa shape index (κ2) is 5.39. The summed E-state index contributed by atoms with van der Waals surface area (Å²) in [6.07, 6.45) is 1.63. The molecule has 1 aromatic heterocycles. The van der Waals surface area contributed by atoms with Gasteiger partial charge in [0.25, 0.3) is 0 Å². The molecule has 1 aliphatic rings. The summed E-state index contributed by atoms with van der Waals surface area (Å²) >= 11 is 5.72. The maximum Gasteiger partial charge on any atom is 0.376 e. The highest BCUT2D eigenvalue weighted by Gasteiger charge is 2.33. The molecule has 0 aliphatic carbocycles. The number of aromatic nitrogens is 1. The number of esters is 1. The SMILES string of the molecule is CCOC(=O)c1cnc(N2CC(CCl)CC2=O)o1. The standard InChI is InChI=1S/C11H13ClN2O4/c1-2-17-10(16)8-5-13-11(18-8)14-6-7(4-12)3-9(14)15/h5,7H,2-4,6H2,1H3. The molecule has 0 radical (unpaired) electrons. The predicted octanol–water partition coefficient (Wildman–Crippen LogP) is 1.44. The van der Waals surface area contributed by atoms with Crippen molar-refractivity contribution in [2.75, 3.05) is 23.9 Å². The van der Waals surface area contributed by atoms with Crippen LogP contribution in [0.5, 0.6) is 0 Å². The van der Waals surface area contributed by atoms with Crippen molar-refractivity contribution in [3.05, 3.63) is 12.0 Å². The third-order valence-electron chi connectivity index (χ3n) is 2.62. The highest BCUT2D eigenvalue weighted by Crippen LogP contribution is 2.25. The number of amides is 1. The molecule has 98 valence electrons. The second-order valence-electron chi connectivity index (χ2n) is 3.96. The smallest absolute Gasteiger partial charge is 0.376 e. The molecule has 6 nitrogen and oxygen atoms in total. The molecule has 1 atom stereocenters. The van der Waals surface area contributed by atoms with Crippen LogP contribution in [0.1, 0.15) is 23.9 Å². The van der Waals surface area contributed by atoms with E-state index in [4.69, 9.17) is 20.8 Å². The average molecular weight is 273 g/mol. The molecular weight excluding hydrogens is 260 g/mol. The molecule has 2 rings (SSSR count). The van der Waals surface area contributed by atoms with E-state index in [0.29, 0.717) is 18.8 Å². The normalized spacial score (nSPS) is 19.3. The van der Waals surface area contributed by atoms with E-state index in [2.05, 4.69) is 4.98 Å². The quantitative estimate of drug-likeness (QED) is 0.613. The zero-order chi connectivity index (χ0) is 13.1. The Bertz CT molecular complexity index is 460. The van der Waals surface area contributed by atoms with E-state index in [1.807, 2.05) is 0 Å². The van der Waals surface area contributed by atoms with Crippen LogP contribution in [0, 0.1) is 5.92 Å². The van der Waals surface area contributed by atoms with Crippen molar-refractivity contribution in [2.24, 2.45) is 5.92 Å². The van der Waals surface area contributed by atoms with Crippen LogP contribution >= 0.6 is 11.6 Å². The van der Waals surface area contributed by atoms with Crippen LogP contribution in [0.2, 0.25) is 0 Å². The van der Waals surface area contributed by atoms with Crippen molar-refractivity contribution in [1.82, 2.24) is 4.98 Å². The number of rotatable bonds is 4. The molecule has 7 heteroatoms. The van der Waals surface area contributed by atoms with Crippen LogP contribution < -0.4 is 4.90 Å². The van der Waals surface area contributed by atoms with Crippen molar-refractivity contribution in [3.8, 4) is 0 Å². The van der Waals surface area contributed by atoms with Gasteiger partial charge in [-0.05, 0) is 12.8 Å². The maximum absolute atomic E-state index is 11.7. The summed E-state index contributed by atoms with van der Waals surface area (Å²) in [5.74, 6) is -0.186. The molecule has 1 unspecified atom stereocenters. The van der Waals surface area contributed by atoms with Gasteiger partial charge in [0.05, 0.1) is 12.8 Å². The van der Waals surface area contributed by atoms with Gasteiger partial charge in [-0.3, -0.25) is 9.69 Å². The third kappa shape index (κ3) is 2.48. The number of carbonyl (C=O) groups is 2. The van der Waals surface area contributed by atoms with Gasteiger partial charge in [-0.1, -0.05) is 0 Å². The number of anilines is 1. The van der Waals surface area contributed by atoms with E-state index in [1.54, 1.807) is 6.92 Å². The van der Waals surface area contributed by atoms with Gasteiger partial charge >= 0.3 is 12.0 Å². The van der Waals surface area contributed by atoms with Crippen LogP contribution in [0.4, 0.5) is 6.01 Å². The highest BCUT2D eigenvalue weighted by atomic mass is 35.5. The Morgan fingerprint density at radius 3 is 3.11 bits per heavy atom. The van der Waals surface area contributed by atoms with E-state index in [0.717, 1.165) is 0 Å². The lowest BCUT2D eigenvalue weighted by Crippen LogP contribution is -2.24. The molecular formula is C11H13ClN2O4. The highest BCUT2D eigenvalue weighted by molar-refractivity contribution is 6.18. The van der Waals surface area contributed by atoms with Crippen molar-refractivity contribution in [3.63, 3.8) is 0 Å². The topological polar surface area (TPSA) is 72.6 Å². The Labute approximate surface area is 109 Å². The summed E-state index contributed by atoms with van der Waals surface area (Å²) in [4.78, 5) is 28.4. The van der Waals surface area contributed by atoms with Gasteiger partial charge in [-0.15, -0.1) is 11.6 Å². The number of nitrogens with zero attached hydrogens (tertiary/aromatic N) is 2. The Hall–Kier alpha value is -1.56. The zero-order valence-corrected chi connectivity index (χ0v) is 10.6. The first-order valence-corrected chi connectivity index (χ1v) is 6.18. The van der Waals surface area contributed by atoms with Gasteiger partial charge in [0.15, 0.2) is 0 Å². The van der Waals surface area contributed by atoms with Gasteiger partial charge in [-0.2, -0.15) is 0 Å². The zero-order valence-electron chi connectivity index (χ0n) is 9.89. The molecule has 2 heterocycles. The van der Waals surface area contributed by atoms with E-state index in [-0.39, 0.29) is 30.2 Å². The number of ether oxygens (including phenoxy) is 1. The van der Waals surface area contributed by atoms with Gasteiger partial charge < -0.3 is 9.15 Å². The summed E-state index contributed by atoms with van der Waals surface area (Å²) in [5.41, 5.74) is 0. The van der Waals surface area contributed by atoms with Gasteiger partial charge in [-0.25, -0.2) is 9.78 Å². The van der Waals surface area contributed by atoms with E-state index in [1.165, 1.54) is 11.1 Å². The molecule has 18 heavy (non-hydrogen) atoms. The number of carbonyl (C=O) groups excluding carboxylic acids is 2. The van der Waals surface area contributed by atoms with Crippen LogP contribution in [0.25, 0.3) is 0 Å². The summed E-state index contributed by atoms with van der Waals surface area (Å²) in [7, 11) is 0. The minimum Gasteiger partial charge on any atom is -0.460 e. The molecule has 1 fully saturated rings. The fourth-order valence-electron chi connectivity index (χ4n) is 1.76. The number of oxazole rings is 1. The van der Waals surface area contributed by atoms with Crippen LogP contribution in [-0.2, 0) is 9.53 Å². The van der Waals surface area contributed by atoms with Gasteiger partial charge in [0, 0.05) is 18.8 Å². The molecule has 0 spiro atoms. The maximum atomic E-state index is 11.7. The van der Waals surface area contributed by atoms with Crippen molar-refractivity contribution in [2.45, 2.75) is 13.3 Å². The monoisotopic (exact) mass is 272 g/mol.